The van der Waals surface area contributed by atoms with Crippen LogP contribution in [0, 0.1) is 0 Å². The fourth-order valence-electron chi connectivity index (χ4n) is 2.79. The second-order valence-corrected chi connectivity index (χ2v) is 8.22. The van der Waals surface area contributed by atoms with Gasteiger partial charge in [0.15, 0.2) is 5.69 Å². The molecule has 174 valence electrons. The fourth-order valence-corrected chi connectivity index (χ4v) is 4.94. The Labute approximate surface area is 182 Å². The maximum absolute atomic E-state index is 13.9. The summed E-state index contributed by atoms with van der Waals surface area (Å²) in [4.78, 5) is 27.3. The van der Waals surface area contributed by atoms with Crippen molar-refractivity contribution < 1.29 is 36.2 Å². The van der Waals surface area contributed by atoms with Crippen molar-refractivity contribution in [3.8, 4) is 10.4 Å². The number of aromatic nitrogens is 3. The third-order valence-corrected chi connectivity index (χ3v) is 6.34. The molecule has 0 saturated carbocycles. The van der Waals surface area contributed by atoms with Crippen LogP contribution in [0.25, 0.3) is 21.3 Å². The first kappa shape index (κ1) is 24.3. The number of aliphatic hydroxyl groups excluding tert-OH is 1. The molecule has 0 fully saturated rings. The van der Waals surface area contributed by atoms with Gasteiger partial charge in [-0.25, -0.2) is 4.79 Å². The molecule has 2 heterocycles. The molecule has 0 aliphatic carbocycles. The number of aromatic amines is 2. The fraction of sp³-hybridized carbons (Fsp3) is 0.353. The largest absolute Gasteiger partial charge is 0.434 e. The van der Waals surface area contributed by atoms with Crippen molar-refractivity contribution >= 4 is 34.2 Å². The molecule has 0 radical (unpaired) electrons. The molecule has 0 aliphatic heterocycles. The molecule has 7 nitrogen and oxygen atoms in total. The summed E-state index contributed by atoms with van der Waals surface area (Å²) >= 11 is 0.878. The van der Waals surface area contributed by atoms with Gasteiger partial charge in [-0.1, -0.05) is 0 Å². The van der Waals surface area contributed by atoms with Crippen LogP contribution in [0.15, 0.2) is 26.6 Å². The second kappa shape index (κ2) is 8.88. The maximum atomic E-state index is 13.9. The van der Waals surface area contributed by atoms with Gasteiger partial charge >= 0.3 is 18.0 Å². The summed E-state index contributed by atoms with van der Waals surface area (Å²) in [6, 6.07) is 0.937. The van der Waals surface area contributed by atoms with Crippen LogP contribution >= 0.6 is 23.3 Å². The molecule has 3 rings (SSSR count). The zero-order valence-corrected chi connectivity index (χ0v) is 17.5. The van der Waals surface area contributed by atoms with E-state index in [9.17, 15) is 41.0 Å². The average molecular weight is 501 g/mol. The molecule has 3 aromatic rings. The van der Waals surface area contributed by atoms with E-state index in [1.54, 1.807) is 0 Å². The minimum absolute atomic E-state index is 0.129. The first-order chi connectivity index (χ1) is 14.9. The zero-order valence-electron chi connectivity index (χ0n) is 15.8. The standard InChI is InChI=1S/C17H13F6N3O4S2/c1-30-6(4-27)5-31-13-11(9-3-10(26-32-9)17(21,22)23)8(16(18,19)20)2-7-12(13)24-15(29)25-14(7)28/h2-3,6,27H,4-5H2,1H3,(H2,24,25,28,29)/t6-/m0/s1. The monoisotopic (exact) mass is 501 g/mol. The third kappa shape index (κ3) is 4.84. The Balaban J connectivity index is 2.40. The van der Waals surface area contributed by atoms with Crippen LogP contribution in [-0.4, -0.2) is 45.0 Å². The van der Waals surface area contributed by atoms with E-state index in [0.29, 0.717) is 23.9 Å². The molecule has 0 amide bonds. The lowest BCUT2D eigenvalue weighted by Gasteiger charge is -2.19. The van der Waals surface area contributed by atoms with Crippen molar-refractivity contribution in [3.63, 3.8) is 0 Å². The molecule has 0 unspecified atom stereocenters. The highest BCUT2D eigenvalue weighted by Gasteiger charge is 2.39. The molecule has 2 aromatic heterocycles. The highest BCUT2D eigenvalue weighted by molar-refractivity contribution is 7.99. The number of halogens is 6. The lowest BCUT2D eigenvalue weighted by molar-refractivity contribution is -0.140. The number of alkyl halides is 6. The number of thioether (sulfide) groups is 1. The molecule has 1 atom stereocenters. The van der Waals surface area contributed by atoms with Crippen molar-refractivity contribution in [3.05, 3.63) is 44.2 Å². The number of nitrogens with zero attached hydrogens (tertiary/aromatic N) is 1. The Morgan fingerprint density at radius 1 is 1.16 bits per heavy atom. The molecular formula is C17H13F6N3O4S2. The van der Waals surface area contributed by atoms with E-state index in [2.05, 4.69) is 9.36 Å². The van der Waals surface area contributed by atoms with Gasteiger partial charge in [-0.15, -0.1) is 11.8 Å². The van der Waals surface area contributed by atoms with Crippen molar-refractivity contribution in [2.45, 2.75) is 23.4 Å². The van der Waals surface area contributed by atoms with Crippen LogP contribution < -0.4 is 11.2 Å². The van der Waals surface area contributed by atoms with E-state index in [1.807, 2.05) is 4.98 Å². The number of rotatable bonds is 6. The van der Waals surface area contributed by atoms with Gasteiger partial charge in [0, 0.05) is 23.3 Å². The Morgan fingerprint density at radius 3 is 2.38 bits per heavy atom. The van der Waals surface area contributed by atoms with Gasteiger partial charge in [-0.2, -0.15) is 30.7 Å². The minimum Gasteiger partial charge on any atom is -0.394 e. The summed E-state index contributed by atoms with van der Waals surface area (Å²) in [5, 5.41) is 8.79. The maximum Gasteiger partial charge on any atom is 0.434 e. The van der Waals surface area contributed by atoms with Gasteiger partial charge in [-0.3, -0.25) is 9.78 Å². The first-order valence-corrected chi connectivity index (χ1v) is 10.3. The summed E-state index contributed by atoms with van der Waals surface area (Å²) in [6.45, 7) is -0.494. The molecule has 0 saturated heterocycles. The Hall–Kier alpha value is -2.36. The van der Waals surface area contributed by atoms with Gasteiger partial charge in [-0.05, 0) is 23.7 Å². The number of nitrogens with one attached hydrogen (secondary N) is 2. The quantitative estimate of drug-likeness (QED) is 0.353. The normalized spacial score (nSPS) is 13.6. The van der Waals surface area contributed by atoms with Crippen molar-refractivity contribution in [1.82, 2.24) is 14.3 Å². The highest BCUT2D eigenvalue weighted by atomic mass is 32.2. The van der Waals surface area contributed by atoms with Crippen LogP contribution in [0.2, 0.25) is 0 Å². The number of fused-ring (bicyclic) bond motifs is 1. The summed E-state index contributed by atoms with van der Waals surface area (Å²) in [6.07, 6.45) is -10.8. The summed E-state index contributed by atoms with van der Waals surface area (Å²) in [7, 11) is 1.25. The van der Waals surface area contributed by atoms with E-state index in [-0.39, 0.29) is 27.7 Å². The molecule has 0 aliphatic rings. The number of benzene rings is 1. The molecule has 0 bridgehead atoms. The Morgan fingerprint density at radius 2 is 1.84 bits per heavy atom. The molecule has 15 heteroatoms. The van der Waals surface area contributed by atoms with E-state index >= 15 is 0 Å². The SMILES string of the molecule is CO[C@@H](CO)CSc1c(-c2cc(C(F)(F)F)ns2)c(C(F)(F)F)cc2c(=O)[nH]c(=O)[nH]c12. The highest BCUT2D eigenvalue weighted by Crippen LogP contribution is 2.47. The van der Waals surface area contributed by atoms with Gasteiger partial charge in [0.1, 0.15) is 0 Å². The number of methoxy groups -OCH3 is 1. The van der Waals surface area contributed by atoms with Gasteiger partial charge in [0.25, 0.3) is 5.56 Å². The summed E-state index contributed by atoms with van der Waals surface area (Å²) in [5.74, 6) is -0.129. The number of aliphatic hydroxyl groups is 1. The molecule has 3 N–H and O–H groups in total. The lowest BCUT2D eigenvalue weighted by atomic mass is 10.0. The van der Waals surface area contributed by atoms with Crippen molar-refractivity contribution in [2.24, 2.45) is 0 Å². The average Bonchev–Trinajstić information content (AvgIpc) is 3.18. The van der Waals surface area contributed by atoms with E-state index in [4.69, 9.17) is 4.74 Å². The molecule has 0 spiro atoms. The second-order valence-electron chi connectivity index (χ2n) is 6.38. The van der Waals surface area contributed by atoms with E-state index < -0.39 is 63.4 Å². The predicted octanol–water partition coefficient (Wildman–Crippen LogP) is 3.48. The molecular weight excluding hydrogens is 488 g/mol. The number of H-pyrrole nitrogens is 2. The van der Waals surface area contributed by atoms with Crippen LogP contribution in [0.4, 0.5) is 26.3 Å². The summed E-state index contributed by atoms with van der Waals surface area (Å²) in [5.41, 5.74) is -5.83. The smallest absolute Gasteiger partial charge is 0.394 e. The van der Waals surface area contributed by atoms with Gasteiger partial charge in [0.2, 0.25) is 0 Å². The van der Waals surface area contributed by atoms with Gasteiger partial charge < -0.3 is 14.8 Å². The van der Waals surface area contributed by atoms with Crippen LogP contribution in [0.5, 0.6) is 0 Å². The number of hydrogen-bond acceptors (Lipinski definition) is 7. The summed E-state index contributed by atoms with van der Waals surface area (Å²) < 4.78 is 89.1. The zero-order chi connectivity index (χ0) is 23.8. The minimum atomic E-state index is -5.05. The lowest BCUT2D eigenvalue weighted by Crippen LogP contribution is -2.24. The Kier molecular flexibility index (Phi) is 6.74. The van der Waals surface area contributed by atoms with Crippen LogP contribution in [-0.2, 0) is 17.1 Å². The third-order valence-electron chi connectivity index (χ3n) is 4.29. The van der Waals surface area contributed by atoms with Gasteiger partial charge in [0.05, 0.1) is 34.1 Å². The van der Waals surface area contributed by atoms with Crippen molar-refractivity contribution in [1.29, 1.82) is 0 Å². The number of hydrogen-bond donors (Lipinski definition) is 3. The van der Waals surface area contributed by atoms with Crippen LogP contribution in [0.3, 0.4) is 0 Å². The van der Waals surface area contributed by atoms with Crippen LogP contribution in [0.1, 0.15) is 11.3 Å². The first-order valence-electron chi connectivity index (χ1n) is 8.58. The van der Waals surface area contributed by atoms with E-state index in [0.717, 1.165) is 0 Å². The predicted molar refractivity (Wildman–Crippen MR) is 105 cm³/mol. The van der Waals surface area contributed by atoms with E-state index in [1.165, 1.54) is 7.11 Å². The Bertz CT molecular complexity index is 1240. The molecule has 32 heavy (non-hydrogen) atoms. The molecule has 1 aromatic carbocycles. The van der Waals surface area contributed by atoms with Crippen molar-refractivity contribution in [2.75, 3.05) is 19.5 Å². The number of ether oxygens (including phenoxy) is 1. The topological polar surface area (TPSA) is 108 Å².